The van der Waals surface area contributed by atoms with Gasteiger partial charge in [0.2, 0.25) is 0 Å². The normalized spacial score (nSPS) is 11.7. The molecule has 4 heteroatoms. The van der Waals surface area contributed by atoms with Crippen molar-refractivity contribution in [1.82, 2.24) is 5.32 Å². The summed E-state index contributed by atoms with van der Waals surface area (Å²) in [6.07, 6.45) is 0. The molecular formula is C17H22BrNO2. The van der Waals surface area contributed by atoms with Gasteiger partial charge in [-0.3, -0.25) is 0 Å². The molecule has 2 rings (SSSR count). The minimum Gasteiger partial charge on any atom is -0.485 e. The van der Waals surface area contributed by atoms with Crippen LogP contribution in [0.25, 0.3) is 0 Å². The van der Waals surface area contributed by atoms with Crippen LogP contribution in [-0.2, 0) is 13.2 Å². The zero-order valence-electron chi connectivity index (χ0n) is 13.0. The Morgan fingerprint density at radius 2 is 1.86 bits per heavy atom. The lowest BCUT2D eigenvalue weighted by atomic mass is 10.1. The lowest BCUT2D eigenvalue weighted by Gasteiger charge is -2.19. The van der Waals surface area contributed by atoms with E-state index in [-0.39, 0.29) is 5.54 Å². The second-order valence-electron chi connectivity index (χ2n) is 6.17. The minimum atomic E-state index is 0.0813. The molecule has 0 aliphatic carbocycles. The Morgan fingerprint density at radius 3 is 2.52 bits per heavy atom. The summed E-state index contributed by atoms with van der Waals surface area (Å²) >= 11 is 3.45. The van der Waals surface area contributed by atoms with Gasteiger partial charge < -0.3 is 14.5 Å². The quantitative estimate of drug-likeness (QED) is 0.838. The van der Waals surface area contributed by atoms with E-state index in [9.17, 15) is 0 Å². The highest BCUT2D eigenvalue weighted by molar-refractivity contribution is 9.10. The van der Waals surface area contributed by atoms with E-state index in [0.717, 1.165) is 33.9 Å². The molecule has 2 aromatic rings. The lowest BCUT2D eigenvalue weighted by molar-refractivity contribution is 0.261. The molecule has 0 unspecified atom stereocenters. The third kappa shape index (κ3) is 5.21. The fourth-order valence-electron chi connectivity index (χ4n) is 1.87. The molecule has 0 atom stereocenters. The van der Waals surface area contributed by atoms with Crippen LogP contribution in [-0.4, -0.2) is 5.54 Å². The van der Waals surface area contributed by atoms with Crippen LogP contribution in [0.5, 0.6) is 5.75 Å². The summed E-state index contributed by atoms with van der Waals surface area (Å²) in [5.41, 5.74) is 1.18. The zero-order valence-corrected chi connectivity index (χ0v) is 14.6. The Kier molecular flexibility index (Phi) is 5.12. The molecule has 0 fully saturated rings. The van der Waals surface area contributed by atoms with Crippen LogP contribution in [0.4, 0.5) is 0 Å². The molecule has 0 bridgehead atoms. The fourth-order valence-corrected chi connectivity index (χ4v) is 2.35. The number of rotatable bonds is 5. The summed E-state index contributed by atoms with van der Waals surface area (Å²) in [5, 5.41) is 3.40. The molecule has 21 heavy (non-hydrogen) atoms. The van der Waals surface area contributed by atoms with Crippen LogP contribution >= 0.6 is 15.9 Å². The molecule has 0 saturated carbocycles. The number of furan rings is 1. The van der Waals surface area contributed by atoms with Gasteiger partial charge in [-0.1, -0.05) is 15.9 Å². The van der Waals surface area contributed by atoms with Gasteiger partial charge in [0.15, 0.2) is 0 Å². The predicted octanol–water partition coefficient (Wildman–Crippen LogP) is 4.82. The second kappa shape index (κ2) is 6.67. The van der Waals surface area contributed by atoms with Crippen molar-refractivity contribution in [3.05, 3.63) is 51.9 Å². The average molecular weight is 352 g/mol. The Hall–Kier alpha value is -1.26. The molecule has 1 aromatic carbocycles. The Labute approximate surface area is 134 Å². The van der Waals surface area contributed by atoms with E-state index in [2.05, 4.69) is 42.0 Å². The molecule has 3 nitrogen and oxygen atoms in total. The Balaban J connectivity index is 1.90. The first-order valence-electron chi connectivity index (χ1n) is 7.05. The molecule has 114 valence electrons. The van der Waals surface area contributed by atoms with E-state index < -0.39 is 0 Å². The Bertz CT molecular complexity index is 599. The topological polar surface area (TPSA) is 34.4 Å². The van der Waals surface area contributed by atoms with Crippen LogP contribution in [0.1, 0.15) is 37.9 Å². The molecule has 0 amide bonds. The monoisotopic (exact) mass is 351 g/mol. The fraction of sp³-hybridized carbons (Fsp3) is 0.412. The van der Waals surface area contributed by atoms with Crippen LogP contribution in [0.15, 0.2) is 39.2 Å². The van der Waals surface area contributed by atoms with Gasteiger partial charge in [-0.15, -0.1) is 0 Å². The van der Waals surface area contributed by atoms with Crippen LogP contribution in [0.3, 0.4) is 0 Å². The maximum absolute atomic E-state index is 5.80. The smallest absolute Gasteiger partial charge is 0.146 e. The van der Waals surface area contributed by atoms with Gasteiger partial charge in [0, 0.05) is 10.0 Å². The second-order valence-corrected chi connectivity index (χ2v) is 7.09. The summed E-state index contributed by atoms with van der Waals surface area (Å²) in [5.74, 6) is 2.64. The molecular weight excluding hydrogens is 330 g/mol. The van der Waals surface area contributed by atoms with Crippen molar-refractivity contribution in [3.63, 3.8) is 0 Å². The summed E-state index contributed by atoms with van der Waals surface area (Å²) in [6.45, 7) is 9.60. The maximum atomic E-state index is 5.80. The predicted molar refractivity (Wildman–Crippen MR) is 88.5 cm³/mol. The summed E-state index contributed by atoms with van der Waals surface area (Å²) in [6, 6.07) is 9.93. The third-order valence-corrected chi connectivity index (χ3v) is 3.51. The van der Waals surface area contributed by atoms with Gasteiger partial charge in [0.05, 0.1) is 6.54 Å². The van der Waals surface area contributed by atoms with E-state index >= 15 is 0 Å². The third-order valence-electron chi connectivity index (χ3n) is 3.02. The van der Waals surface area contributed by atoms with E-state index in [1.54, 1.807) is 0 Å². The van der Waals surface area contributed by atoms with Crippen molar-refractivity contribution >= 4 is 15.9 Å². The summed E-state index contributed by atoms with van der Waals surface area (Å²) in [7, 11) is 0. The number of halogens is 1. The van der Waals surface area contributed by atoms with Crippen molar-refractivity contribution < 1.29 is 9.15 Å². The highest BCUT2D eigenvalue weighted by atomic mass is 79.9. The van der Waals surface area contributed by atoms with Crippen molar-refractivity contribution in [2.45, 2.75) is 46.4 Å². The van der Waals surface area contributed by atoms with Crippen molar-refractivity contribution in [2.75, 3.05) is 0 Å². The van der Waals surface area contributed by atoms with E-state index in [1.807, 2.05) is 37.3 Å². The highest BCUT2D eigenvalue weighted by Crippen LogP contribution is 2.23. The number of hydrogen-bond acceptors (Lipinski definition) is 3. The minimum absolute atomic E-state index is 0.0813. The van der Waals surface area contributed by atoms with Crippen molar-refractivity contribution in [1.29, 1.82) is 0 Å². The van der Waals surface area contributed by atoms with E-state index in [0.29, 0.717) is 6.61 Å². The number of ether oxygens (including phenoxy) is 1. The first-order chi connectivity index (χ1) is 9.83. The number of nitrogens with one attached hydrogen (secondary N) is 1. The van der Waals surface area contributed by atoms with Gasteiger partial charge in [0.25, 0.3) is 0 Å². The largest absolute Gasteiger partial charge is 0.485 e. The van der Waals surface area contributed by atoms with Gasteiger partial charge in [-0.2, -0.15) is 0 Å². The molecule has 0 spiro atoms. The summed E-state index contributed by atoms with van der Waals surface area (Å²) in [4.78, 5) is 0. The van der Waals surface area contributed by atoms with Gasteiger partial charge in [-0.25, -0.2) is 0 Å². The number of benzene rings is 1. The Morgan fingerprint density at radius 1 is 1.14 bits per heavy atom. The zero-order chi connectivity index (χ0) is 15.5. The lowest BCUT2D eigenvalue weighted by Crippen LogP contribution is -2.34. The molecule has 0 aliphatic heterocycles. The average Bonchev–Trinajstić information content (AvgIpc) is 2.82. The molecule has 0 saturated heterocycles. The molecule has 1 aromatic heterocycles. The summed E-state index contributed by atoms with van der Waals surface area (Å²) < 4.78 is 12.6. The number of aryl methyl sites for hydroxylation is 1. The standard InChI is InChI=1S/C17H22BrNO2/c1-12-9-13(18)5-8-16(12)20-11-15-7-6-14(21-15)10-19-17(2,3)4/h5-9,19H,10-11H2,1-4H3. The van der Waals surface area contributed by atoms with Gasteiger partial charge in [-0.05, 0) is 63.6 Å². The van der Waals surface area contributed by atoms with E-state index in [4.69, 9.17) is 9.15 Å². The van der Waals surface area contributed by atoms with Gasteiger partial charge >= 0.3 is 0 Å². The number of hydrogen-bond donors (Lipinski definition) is 1. The van der Waals surface area contributed by atoms with Crippen molar-refractivity contribution in [2.24, 2.45) is 0 Å². The van der Waals surface area contributed by atoms with Crippen LogP contribution < -0.4 is 10.1 Å². The van der Waals surface area contributed by atoms with Crippen LogP contribution in [0, 0.1) is 6.92 Å². The maximum Gasteiger partial charge on any atom is 0.146 e. The van der Waals surface area contributed by atoms with Gasteiger partial charge in [0.1, 0.15) is 23.9 Å². The highest BCUT2D eigenvalue weighted by Gasteiger charge is 2.10. The molecule has 0 aliphatic rings. The van der Waals surface area contributed by atoms with E-state index in [1.165, 1.54) is 0 Å². The molecule has 1 heterocycles. The first kappa shape index (κ1) is 16.1. The van der Waals surface area contributed by atoms with Crippen molar-refractivity contribution in [3.8, 4) is 5.75 Å². The molecule has 0 radical (unpaired) electrons. The SMILES string of the molecule is Cc1cc(Br)ccc1OCc1ccc(CNC(C)(C)C)o1. The first-order valence-corrected chi connectivity index (χ1v) is 7.84. The molecule has 1 N–H and O–H groups in total. The van der Waals surface area contributed by atoms with Crippen LogP contribution in [0.2, 0.25) is 0 Å².